The highest BCUT2D eigenvalue weighted by molar-refractivity contribution is 5.17. The first-order valence-corrected chi connectivity index (χ1v) is 7.61. The largest absolute Gasteiger partial charge is 0.0885 e. The molecule has 96 valence electrons. The molecule has 18 heavy (non-hydrogen) atoms. The number of allylic oxidation sites excluding steroid dienone is 8. The van der Waals surface area contributed by atoms with Crippen molar-refractivity contribution in [2.75, 3.05) is 0 Å². The number of hydrogen-bond donors (Lipinski definition) is 0. The van der Waals surface area contributed by atoms with Gasteiger partial charge in [-0.1, -0.05) is 48.1 Å². The first-order valence-electron chi connectivity index (χ1n) is 7.61. The molecule has 0 fully saturated rings. The van der Waals surface area contributed by atoms with Gasteiger partial charge in [0, 0.05) is 0 Å². The highest BCUT2D eigenvalue weighted by Gasteiger charge is 2.24. The van der Waals surface area contributed by atoms with Gasteiger partial charge in [0.1, 0.15) is 0 Å². The zero-order chi connectivity index (χ0) is 12.2. The predicted octanol–water partition coefficient (Wildman–Crippen LogP) is 5.20. The Labute approximate surface area is 111 Å². The Balaban J connectivity index is 1.59. The Morgan fingerprint density at radius 1 is 0.889 bits per heavy atom. The Morgan fingerprint density at radius 2 is 1.89 bits per heavy atom. The SMILES string of the molecule is C1=CCC(C2CC=C(C3CC=CCC3)CC2)C=C1. The fourth-order valence-electron chi connectivity index (χ4n) is 3.71. The van der Waals surface area contributed by atoms with Gasteiger partial charge >= 0.3 is 0 Å². The molecule has 0 saturated carbocycles. The lowest BCUT2D eigenvalue weighted by Gasteiger charge is -2.31. The lowest BCUT2D eigenvalue weighted by molar-refractivity contribution is 0.346. The van der Waals surface area contributed by atoms with Gasteiger partial charge in [-0.05, 0) is 62.7 Å². The molecular formula is C18H24. The average Bonchev–Trinajstić information content (AvgIpc) is 2.49. The topological polar surface area (TPSA) is 0 Å². The molecule has 0 radical (unpaired) electrons. The minimum absolute atomic E-state index is 0.805. The summed E-state index contributed by atoms with van der Waals surface area (Å²) >= 11 is 0. The maximum absolute atomic E-state index is 2.59. The van der Waals surface area contributed by atoms with Crippen molar-refractivity contribution >= 4 is 0 Å². The van der Waals surface area contributed by atoms with E-state index in [2.05, 4.69) is 42.5 Å². The normalized spacial score (nSPS) is 35.6. The quantitative estimate of drug-likeness (QED) is 0.582. The highest BCUT2D eigenvalue weighted by atomic mass is 14.3. The van der Waals surface area contributed by atoms with Crippen molar-refractivity contribution in [2.45, 2.75) is 44.9 Å². The second-order valence-corrected chi connectivity index (χ2v) is 6.01. The maximum Gasteiger partial charge on any atom is -0.0164 e. The third kappa shape index (κ3) is 2.68. The van der Waals surface area contributed by atoms with Gasteiger partial charge < -0.3 is 0 Å². The fraction of sp³-hybridized carbons (Fsp3) is 0.556. The second-order valence-electron chi connectivity index (χ2n) is 6.01. The molecule has 0 nitrogen and oxygen atoms in total. The van der Waals surface area contributed by atoms with Gasteiger partial charge in [0.05, 0.1) is 0 Å². The van der Waals surface area contributed by atoms with Crippen molar-refractivity contribution in [2.24, 2.45) is 17.8 Å². The zero-order valence-corrected chi connectivity index (χ0v) is 11.2. The van der Waals surface area contributed by atoms with Crippen LogP contribution < -0.4 is 0 Å². The van der Waals surface area contributed by atoms with E-state index >= 15 is 0 Å². The van der Waals surface area contributed by atoms with Crippen LogP contribution in [-0.2, 0) is 0 Å². The van der Waals surface area contributed by atoms with Crippen LogP contribution in [0, 0.1) is 17.8 Å². The maximum atomic E-state index is 2.59. The van der Waals surface area contributed by atoms with E-state index in [0.717, 1.165) is 17.8 Å². The molecule has 0 heteroatoms. The van der Waals surface area contributed by atoms with Gasteiger partial charge in [0.2, 0.25) is 0 Å². The lowest BCUT2D eigenvalue weighted by atomic mass is 9.74. The summed E-state index contributed by atoms with van der Waals surface area (Å²) < 4.78 is 0. The van der Waals surface area contributed by atoms with Crippen molar-refractivity contribution < 1.29 is 0 Å². The van der Waals surface area contributed by atoms with Crippen LogP contribution >= 0.6 is 0 Å². The Hall–Kier alpha value is -1.04. The molecular weight excluding hydrogens is 216 g/mol. The van der Waals surface area contributed by atoms with Gasteiger partial charge in [-0.15, -0.1) is 0 Å². The summed E-state index contributed by atoms with van der Waals surface area (Å²) in [6.07, 6.45) is 25.8. The van der Waals surface area contributed by atoms with E-state index in [-0.39, 0.29) is 0 Å². The molecule has 0 aromatic rings. The summed E-state index contributed by atoms with van der Waals surface area (Å²) in [6.45, 7) is 0. The van der Waals surface area contributed by atoms with Crippen molar-refractivity contribution in [3.8, 4) is 0 Å². The molecule has 3 unspecified atom stereocenters. The Bertz CT molecular complexity index is 394. The van der Waals surface area contributed by atoms with Crippen LogP contribution in [0.1, 0.15) is 44.9 Å². The zero-order valence-electron chi connectivity index (χ0n) is 11.2. The van der Waals surface area contributed by atoms with Gasteiger partial charge in [-0.3, -0.25) is 0 Å². The molecule has 3 rings (SSSR count). The molecule has 3 aliphatic carbocycles. The lowest BCUT2D eigenvalue weighted by Crippen LogP contribution is -2.18. The van der Waals surface area contributed by atoms with Crippen molar-refractivity contribution in [1.29, 1.82) is 0 Å². The molecule has 0 aromatic carbocycles. The molecule has 0 saturated heterocycles. The smallest absolute Gasteiger partial charge is 0.0164 e. The van der Waals surface area contributed by atoms with E-state index in [0.29, 0.717) is 0 Å². The molecule has 0 N–H and O–H groups in total. The predicted molar refractivity (Wildman–Crippen MR) is 78.3 cm³/mol. The van der Waals surface area contributed by atoms with E-state index < -0.39 is 0 Å². The number of hydrogen-bond acceptors (Lipinski definition) is 0. The van der Waals surface area contributed by atoms with Crippen LogP contribution in [0.4, 0.5) is 0 Å². The third-order valence-electron chi connectivity index (χ3n) is 4.90. The number of rotatable bonds is 2. The van der Waals surface area contributed by atoms with E-state index in [1.165, 1.54) is 44.9 Å². The molecule has 3 aliphatic rings. The van der Waals surface area contributed by atoms with Crippen LogP contribution in [0.2, 0.25) is 0 Å². The average molecular weight is 240 g/mol. The summed E-state index contributed by atoms with van der Waals surface area (Å²) in [5, 5.41) is 0. The summed E-state index contributed by atoms with van der Waals surface area (Å²) in [5.41, 5.74) is 1.77. The van der Waals surface area contributed by atoms with Gasteiger partial charge in [0.25, 0.3) is 0 Å². The van der Waals surface area contributed by atoms with Crippen LogP contribution in [-0.4, -0.2) is 0 Å². The summed E-state index contributed by atoms with van der Waals surface area (Å²) in [5.74, 6) is 2.57. The minimum Gasteiger partial charge on any atom is -0.0885 e. The molecule has 3 atom stereocenters. The first kappa shape index (κ1) is 12.0. The van der Waals surface area contributed by atoms with Crippen molar-refractivity contribution in [1.82, 2.24) is 0 Å². The minimum atomic E-state index is 0.805. The van der Waals surface area contributed by atoms with Gasteiger partial charge in [-0.2, -0.15) is 0 Å². The van der Waals surface area contributed by atoms with E-state index in [1.54, 1.807) is 5.57 Å². The summed E-state index contributed by atoms with van der Waals surface area (Å²) in [7, 11) is 0. The Morgan fingerprint density at radius 3 is 2.56 bits per heavy atom. The molecule has 0 aromatic heterocycles. The van der Waals surface area contributed by atoms with Crippen LogP contribution in [0.15, 0.2) is 48.1 Å². The van der Waals surface area contributed by atoms with E-state index in [1.807, 2.05) is 0 Å². The van der Waals surface area contributed by atoms with E-state index in [9.17, 15) is 0 Å². The second kappa shape index (κ2) is 5.73. The molecule has 0 bridgehead atoms. The van der Waals surface area contributed by atoms with Crippen molar-refractivity contribution in [3.63, 3.8) is 0 Å². The summed E-state index contributed by atoms with van der Waals surface area (Å²) in [6, 6.07) is 0. The van der Waals surface area contributed by atoms with E-state index in [4.69, 9.17) is 0 Å². The van der Waals surface area contributed by atoms with Gasteiger partial charge in [0.15, 0.2) is 0 Å². The van der Waals surface area contributed by atoms with Crippen LogP contribution in [0.3, 0.4) is 0 Å². The standard InChI is InChI=1S/C18H24/c1-3-7-15(8-4-1)17-11-13-18(14-12-17)16-9-5-2-6-10-16/h1-5,7,13,15-17H,6,8-12,14H2. The fourth-order valence-corrected chi connectivity index (χ4v) is 3.71. The monoisotopic (exact) mass is 240 g/mol. The Kier molecular flexibility index (Phi) is 3.83. The van der Waals surface area contributed by atoms with Crippen molar-refractivity contribution in [3.05, 3.63) is 48.1 Å². The molecule has 0 aliphatic heterocycles. The van der Waals surface area contributed by atoms with Crippen LogP contribution in [0.25, 0.3) is 0 Å². The first-order chi connectivity index (χ1) is 8.93. The third-order valence-corrected chi connectivity index (χ3v) is 4.90. The highest BCUT2D eigenvalue weighted by Crippen LogP contribution is 2.38. The van der Waals surface area contributed by atoms with Gasteiger partial charge in [-0.25, -0.2) is 0 Å². The summed E-state index contributed by atoms with van der Waals surface area (Å²) in [4.78, 5) is 0. The molecule has 0 spiro atoms. The van der Waals surface area contributed by atoms with Crippen LogP contribution in [0.5, 0.6) is 0 Å². The molecule has 0 amide bonds. The molecule has 0 heterocycles.